The van der Waals surface area contributed by atoms with Gasteiger partial charge in [-0.3, -0.25) is 9.59 Å². The highest BCUT2D eigenvalue weighted by molar-refractivity contribution is 9.10. The van der Waals surface area contributed by atoms with Crippen molar-refractivity contribution >= 4 is 39.5 Å². The zero-order chi connectivity index (χ0) is 15.0. The molecule has 0 aromatic heterocycles. The Morgan fingerprint density at radius 2 is 1.75 bits per heavy atom. The lowest BCUT2D eigenvalue weighted by Crippen LogP contribution is -2.40. The van der Waals surface area contributed by atoms with Crippen LogP contribution in [0.25, 0.3) is 0 Å². The van der Waals surface area contributed by atoms with Gasteiger partial charge in [0.1, 0.15) is 6.54 Å². The Kier molecular flexibility index (Phi) is 6.51. The van der Waals surface area contributed by atoms with E-state index in [0.29, 0.717) is 5.69 Å². The van der Waals surface area contributed by atoms with Crippen molar-refractivity contribution in [2.24, 2.45) is 0 Å². The smallest absolute Gasteiger partial charge is 0.325 e. The number of rotatable bonds is 5. The van der Waals surface area contributed by atoms with Gasteiger partial charge in [-0.2, -0.15) is 0 Å². The van der Waals surface area contributed by atoms with Gasteiger partial charge in [-0.15, -0.1) is 0 Å². The van der Waals surface area contributed by atoms with E-state index in [1.165, 1.54) is 7.11 Å². The third-order valence-electron chi connectivity index (χ3n) is 2.17. The average Bonchev–Trinajstić information content (AvgIpc) is 2.45. The minimum Gasteiger partial charge on any atom is -0.468 e. The number of nitrogens with one attached hydrogen (secondary N) is 3. The first-order valence-corrected chi connectivity index (χ1v) is 6.44. The molecule has 0 saturated carbocycles. The van der Waals surface area contributed by atoms with Gasteiger partial charge in [0.25, 0.3) is 0 Å². The summed E-state index contributed by atoms with van der Waals surface area (Å²) in [5.74, 6) is -1.04. The van der Waals surface area contributed by atoms with Crippen LogP contribution in [0, 0.1) is 0 Å². The molecule has 7 nitrogen and oxygen atoms in total. The highest BCUT2D eigenvalue weighted by atomic mass is 79.9. The number of ether oxygens (including phenoxy) is 1. The fourth-order valence-electron chi connectivity index (χ4n) is 1.17. The summed E-state index contributed by atoms with van der Waals surface area (Å²) in [6.45, 7) is -0.468. The van der Waals surface area contributed by atoms with Crippen molar-refractivity contribution in [2.45, 2.75) is 0 Å². The molecule has 0 fully saturated rings. The van der Waals surface area contributed by atoms with E-state index < -0.39 is 17.9 Å². The standard InChI is InChI=1S/C12H14BrN3O4/c1-20-11(18)7-14-10(17)6-15-12(19)16-9-4-2-8(13)3-5-9/h2-5H,6-7H2,1H3,(H,14,17)(H2,15,16,19). The lowest BCUT2D eigenvalue weighted by Gasteiger charge is -2.08. The van der Waals surface area contributed by atoms with Crippen LogP contribution in [0.2, 0.25) is 0 Å². The molecular formula is C12H14BrN3O4. The van der Waals surface area contributed by atoms with Gasteiger partial charge in [0.2, 0.25) is 5.91 Å². The van der Waals surface area contributed by atoms with Gasteiger partial charge in [-0.25, -0.2) is 4.79 Å². The molecule has 1 aromatic rings. The van der Waals surface area contributed by atoms with Crippen molar-refractivity contribution in [3.05, 3.63) is 28.7 Å². The number of carbonyl (C=O) groups is 3. The van der Waals surface area contributed by atoms with Crippen molar-refractivity contribution < 1.29 is 19.1 Å². The molecular weight excluding hydrogens is 330 g/mol. The van der Waals surface area contributed by atoms with Crippen LogP contribution in [-0.2, 0) is 14.3 Å². The Labute approximate surface area is 124 Å². The summed E-state index contributed by atoms with van der Waals surface area (Å²) in [6.07, 6.45) is 0. The van der Waals surface area contributed by atoms with E-state index in [0.717, 1.165) is 4.47 Å². The molecule has 8 heteroatoms. The van der Waals surface area contributed by atoms with Crippen LogP contribution in [-0.4, -0.2) is 38.1 Å². The van der Waals surface area contributed by atoms with Gasteiger partial charge in [-0.05, 0) is 24.3 Å². The number of halogens is 1. The van der Waals surface area contributed by atoms with Crippen molar-refractivity contribution in [1.82, 2.24) is 10.6 Å². The van der Waals surface area contributed by atoms with Crippen LogP contribution < -0.4 is 16.0 Å². The van der Waals surface area contributed by atoms with E-state index in [4.69, 9.17) is 0 Å². The third-order valence-corrected chi connectivity index (χ3v) is 2.70. The number of amides is 3. The van der Waals surface area contributed by atoms with Crippen LogP contribution in [0.15, 0.2) is 28.7 Å². The Morgan fingerprint density at radius 3 is 2.35 bits per heavy atom. The number of hydrogen-bond donors (Lipinski definition) is 3. The minimum absolute atomic E-state index is 0.231. The number of hydrogen-bond acceptors (Lipinski definition) is 4. The number of carbonyl (C=O) groups excluding carboxylic acids is 3. The van der Waals surface area contributed by atoms with Crippen LogP contribution in [0.5, 0.6) is 0 Å². The fraction of sp³-hybridized carbons (Fsp3) is 0.250. The maximum Gasteiger partial charge on any atom is 0.325 e. The molecule has 108 valence electrons. The molecule has 0 spiro atoms. The molecule has 0 radical (unpaired) electrons. The largest absolute Gasteiger partial charge is 0.468 e. The molecule has 0 unspecified atom stereocenters. The number of esters is 1. The second-order valence-electron chi connectivity index (χ2n) is 3.67. The van der Waals surface area contributed by atoms with Crippen LogP contribution in [0.4, 0.5) is 10.5 Å². The van der Waals surface area contributed by atoms with E-state index in [1.807, 2.05) is 0 Å². The summed E-state index contributed by atoms with van der Waals surface area (Å²) in [4.78, 5) is 33.6. The van der Waals surface area contributed by atoms with Crippen molar-refractivity contribution in [2.75, 3.05) is 25.5 Å². The predicted molar refractivity (Wildman–Crippen MR) is 76.2 cm³/mol. The van der Waals surface area contributed by atoms with Gasteiger partial charge in [0.15, 0.2) is 0 Å². The maximum absolute atomic E-state index is 11.5. The highest BCUT2D eigenvalue weighted by Gasteiger charge is 2.07. The van der Waals surface area contributed by atoms with Gasteiger partial charge >= 0.3 is 12.0 Å². The average molecular weight is 344 g/mol. The van der Waals surface area contributed by atoms with Crippen molar-refractivity contribution in [3.8, 4) is 0 Å². The van der Waals surface area contributed by atoms with Crippen LogP contribution >= 0.6 is 15.9 Å². The molecule has 1 aromatic carbocycles. The van der Waals surface area contributed by atoms with Crippen molar-refractivity contribution in [3.63, 3.8) is 0 Å². The summed E-state index contributed by atoms with van der Waals surface area (Å²) in [7, 11) is 1.22. The first kappa shape index (κ1) is 16.0. The first-order chi connectivity index (χ1) is 9.51. The van der Waals surface area contributed by atoms with E-state index in [1.54, 1.807) is 24.3 Å². The minimum atomic E-state index is -0.558. The molecule has 0 saturated heterocycles. The van der Waals surface area contributed by atoms with E-state index >= 15 is 0 Å². The predicted octanol–water partition coefficient (Wildman–Crippen LogP) is 0.860. The van der Waals surface area contributed by atoms with E-state index in [-0.39, 0.29) is 13.1 Å². The third kappa shape index (κ3) is 6.19. The van der Waals surface area contributed by atoms with Gasteiger partial charge < -0.3 is 20.7 Å². The Hall–Kier alpha value is -2.09. The highest BCUT2D eigenvalue weighted by Crippen LogP contribution is 2.13. The summed E-state index contributed by atoms with van der Waals surface area (Å²) in [5, 5.41) is 7.22. The van der Waals surface area contributed by atoms with Gasteiger partial charge in [0, 0.05) is 10.2 Å². The fourth-order valence-corrected chi connectivity index (χ4v) is 1.44. The number of anilines is 1. The van der Waals surface area contributed by atoms with Crippen LogP contribution in [0.1, 0.15) is 0 Å². The van der Waals surface area contributed by atoms with E-state index in [2.05, 4.69) is 36.6 Å². The molecule has 3 N–H and O–H groups in total. The summed E-state index contributed by atoms with van der Waals surface area (Å²) in [6, 6.07) is 6.46. The second kappa shape index (κ2) is 8.16. The lowest BCUT2D eigenvalue weighted by atomic mass is 10.3. The Morgan fingerprint density at radius 1 is 1.10 bits per heavy atom. The zero-order valence-corrected chi connectivity index (χ0v) is 12.3. The second-order valence-corrected chi connectivity index (χ2v) is 4.58. The summed E-state index contributed by atoms with van der Waals surface area (Å²) < 4.78 is 5.25. The van der Waals surface area contributed by atoms with Gasteiger partial charge in [-0.1, -0.05) is 15.9 Å². The molecule has 3 amide bonds. The molecule has 0 aliphatic heterocycles. The first-order valence-electron chi connectivity index (χ1n) is 5.65. The molecule has 0 bridgehead atoms. The molecule has 20 heavy (non-hydrogen) atoms. The Balaban J connectivity index is 2.27. The molecule has 1 rings (SSSR count). The normalized spacial score (nSPS) is 9.50. The molecule has 0 heterocycles. The van der Waals surface area contributed by atoms with E-state index in [9.17, 15) is 14.4 Å². The molecule has 0 aliphatic rings. The quantitative estimate of drug-likeness (QED) is 0.691. The zero-order valence-electron chi connectivity index (χ0n) is 10.7. The number of methoxy groups -OCH3 is 1. The Bertz CT molecular complexity index is 490. The number of benzene rings is 1. The van der Waals surface area contributed by atoms with Crippen molar-refractivity contribution in [1.29, 1.82) is 0 Å². The monoisotopic (exact) mass is 343 g/mol. The van der Waals surface area contributed by atoms with Crippen LogP contribution in [0.3, 0.4) is 0 Å². The maximum atomic E-state index is 11.5. The number of urea groups is 1. The SMILES string of the molecule is COC(=O)CNC(=O)CNC(=O)Nc1ccc(Br)cc1. The summed E-state index contributed by atoms with van der Waals surface area (Å²) >= 11 is 3.28. The molecule has 0 atom stereocenters. The lowest BCUT2D eigenvalue weighted by molar-refractivity contribution is -0.141. The summed E-state index contributed by atoms with van der Waals surface area (Å²) in [5.41, 5.74) is 0.598. The topological polar surface area (TPSA) is 96.5 Å². The van der Waals surface area contributed by atoms with Gasteiger partial charge in [0.05, 0.1) is 13.7 Å². The molecule has 0 aliphatic carbocycles.